The van der Waals surface area contributed by atoms with Gasteiger partial charge in [-0.15, -0.1) is 0 Å². The lowest BCUT2D eigenvalue weighted by atomic mass is 9.70. The highest BCUT2D eigenvalue weighted by Crippen LogP contribution is 2.63. The van der Waals surface area contributed by atoms with Gasteiger partial charge in [0.1, 0.15) is 0 Å². The first-order chi connectivity index (χ1) is 12.1. The topological polar surface area (TPSA) is 63.2 Å². The Labute approximate surface area is 159 Å². The lowest BCUT2D eigenvalue weighted by Gasteiger charge is -2.32. The molecular formula is C20H22ClNO3S. The van der Waals surface area contributed by atoms with E-state index in [2.05, 4.69) is 18.6 Å². The van der Waals surface area contributed by atoms with Gasteiger partial charge in [0.25, 0.3) is 0 Å². The molecule has 4 nitrogen and oxygen atoms in total. The van der Waals surface area contributed by atoms with Crippen molar-refractivity contribution in [3.8, 4) is 0 Å². The number of benzene rings is 2. The second kappa shape index (κ2) is 5.54. The zero-order chi connectivity index (χ0) is 18.9. The van der Waals surface area contributed by atoms with Crippen LogP contribution in [0.25, 0.3) is 10.8 Å². The van der Waals surface area contributed by atoms with Crippen molar-refractivity contribution >= 4 is 38.2 Å². The van der Waals surface area contributed by atoms with E-state index in [4.69, 9.17) is 11.6 Å². The predicted molar refractivity (Wildman–Crippen MR) is 103 cm³/mol. The third-order valence-electron chi connectivity index (χ3n) is 6.92. The van der Waals surface area contributed by atoms with Crippen molar-refractivity contribution in [3.63, 3.8) is 0 Å². The second-order valence-electron chi connectivity index (χ2n) is 8.28. The fourth-order valence-electron chi connectivity index (χ4n) is 4.85. The Kier molecular flexibility index (Phi) is 3.82. The third kappa shape index (κ3) is 2.30. The molecule has 0 amide bonds. The van der Waals surface area contributed by atoms with Crippen LogP contribution in [0.15, 0.2) is 41.3 Å². The maximum Gasteiger partial charge on any atom is 0.241 e. The number of carbonyl (C=O) groups excluding carboxylic acids is 1. The van der Waals surface area contributed by atoms with Crippen molar-refractivity contribution in [3.05, 3.63) is 41.4 Å². The lowest BCUT2D eigenvalue weighted by molar-refractivity contribution is -0.129. The van der Waals surface area contributed by atoms with Crippen LogP contribution in [-0.2, 0) is 14.8 Å². The Bertz CT molecular complexity index is 1030. The SMILES string of the molecule is CC12CCC(C(NS(=O)(=O)c3ccc4c(Cl)cccc4c3)C1=O)C2(C)C. The van der Waals surface area contributed by atoms with Gasteiger partial charge in [-0.2, -0.15) is 0 Å². The van der Waals surface area contributed by atoms with E-state index in [1.165, 1.54) is 0 Å². The van der Waals surface area contributed by atoms with E-state index >= 15 is 0 Å². The van der Waals surface area contributed by atoms with Crippen LogP contribution in [-0.4, -0.2) is 20.2 Å². The maximum absolute atomic E-state index is 13.0. The first-order valence-electron chi connectivity index (χ1n) is 8.83. The van der Waals surface area contributed by atoms with Gasteiger partial charge in [0.05, 0.1) is 10.9 Å². The average Bonchev–Trinajstić information content (AvgIpc) is 2.88. The summed E-state index contributed by atoms with van der Waals surface area (Å²) in [6, 6.07) is 9.59. The Hall–Kier alpha value is -1.43. The molecule has 0 saturated heterocycles. The summed E-state index contributed by atoms with van der Waals surface area (Å²) < 4.78 is 28.6. The normalized spacial score (nSPS) is 30.2. The number of ketones is 1. The third-order valence-corrected chi connectivity index (χ3v) is 8.69. The molecule has 3 atom stereocenters. The van der Waals surface area contributed by atoms with E-state index in [0.717, 1.165) is 23.6 Å². The van der Waals surface area contributed by atoms with E-state index in [1.807, 2.05) is 13.0 Å². The minimum Gasteiger partial charge on any atom is -0.297 e. The number of nitrogens with one attached hydrogen (secondary N) is 1. The summed E-state index contributed by atoms with van der Waals surface area (Å²) in [6.07, 6.45) is 1.70. The van der Waals surface area contributed by atoms with E-state index < -0.39 is 21.5 Å². The summed E-state index contributed by atoms with van der Waals surface area (Å²) in [6.45, 7) is 6.13. The van der Waals surface area contributed by atoms with Crippen LogP contribution in [0.5, 0.6) is 0 Å². The molecule has 2 bridgehead atoms. The van der Waals surface area contributed by atoms with Crippen LogP contribution in [0.3, 0.4) is 0 Å². The van der Waals surface area contributed by atoms with Crippen LogP contribution in [0.1, 0.15) is 33.6 Å². The molecule has 4 rings (SSSR count). The van der Waals surface area contributed by atoms with E-state index in [0.29, 0.717) is 5.02 Å². The Morgan fingerprint density at radius 2 is 1.88 bits per heavy atom. The number of hydrogen-bond donors (Lipinski definition) is 1. The smallest absolute Gasteiger partial charge is 0.241 e. The van der Waals surface area contributed by atoms with Crippen molar-refractivity contribution < 1.29 is 13.2 Å². The number of carbonyl (C=O) groups is 1. The largest absolute Gasteiger partial charge is 0.297 e. The maximum atomic E-state index is 13.0. The summed E-state index contributed by atoms with van der Waals surface area (Å²) in [5.74, 6) is 0.0517. The molecule has 26 heavy (non-hydrogen) atoms. The molecule has 6 heteroatoms. The van der Waals surface area contributed by atoms with E-state index in [9.17, 15) is 13.2 Å². The van der Waals surface area contributed by atoms with Gasteiger partial charge in [0, 0.05) is 15.8 Å². The van der Waals surface area contributed by atoms with Crippen molar-refractivity contribution in [2.45, 2.75) is 44.6 Å². The summed E-state index contributed by atoms with van der Waals surface area (Å²) in [5, 5.41) is 2.14. The van der Waals surface area contributed by atoms with Crippen LogP contribution in [0.4, 0.5) is 0 Å². The highest BCUT2D eigenvalue weighted by atomic mass is 35.5. The van der Waals surface area contributed by atoms with E-state index in [-0.39, 0.29) is 22.0 Å². The first-order valence-corrected chi connectivity index (χ1v) is 10.7. The number of rotatable bonds is 3. The van der Waals surface area contributed by atoms with Gasteiger partial charge in [-0.3, -0.25) is 4.79 Å². The molecular weight excluding hydrogens is 370 g/mol. The lowest BCUT2D eigenvalue weighted by Crippen LogP contribution is -2.46. The molecule has 0 aliphatic heterocycles. The summed E-state index contributed by atoms with van der Waals surface area (Å²) in [4.78, 5) is 13.1. The monoisotopic (exact) mass is 391 g/mol. The fraction of sp³-hybridized carbons (Fsp3) is 0.450. The molecule has 0 heterocycles. The van der Waals surface area contributed by atoms with Gasteiger partial charge in [0.2, 0.25) is 10.0 Å². The number of halogens is 1. The molecule has 2 aliphatic carbocycles. The molecule has 2 saturated carbocycles. The average molecular weight is 392 g/mol. The highest BCUT2D eigenvalue weighted by molar-refractivity contribution is 7.89. The van der Waals surface area contributed by atoms with Crippen molar-refractivity contribution in [1.29, 1.82) is 0 Å². The minimum absolute atomic E-state index is 0.0196. The van der Waals surface area contributed by atoms with Crippen LogP contribution in [0.2, 0.25) is 5.02 Å². The predicted octanol–water partition coefficient (Wildman–Crippen LogP) is 4.17. The number of sulfonamides is 1. The zero-order valence-corrected chi connectivity index (χ0v) is 16.6. The van der Waals surface area contributed by atoms with Crippen LogP contribution >= 0.6 is 11.6 Å². The molecule has 2 fully saturated rings. The van der Waals surface area contributed by atoms with Gasteiger partial charge in [0.15, 0.2) is 5.78 Å². The number of fused-ring (bicyclic) bond motifs is 3. The number of hydrogen-bond acceptors (Lipinski definition) is 3. The molecule has 3 unspecified atom stereocenters. The molecule has 138 valence electrons. The molecule has 2 aliphatic rings. The molecule has 1 N–H and O–H groups in total. The zero-order valence-electron chi connectivity index (χ0n) is 15.0. The number of Topliss-reactive ketones (excluding diaryl/α,β-unsaturated/α-hetero) is 1. The fourth-order valence-corrected chi connectivity index (χ4v) is 6.36. The van der Waals surface area contributed by atoms with E-state index in [1.54, 1.807) is 30.3 Å². The standard InChI is InChI=1S/C20H22ClNO3S/c1-19(2)15-9-10-20(19,3)18(23)17(15)22-26(24,25)13-7-8-14-12(11-13)5-4-6-16(14)21/h4-8,11,15,17,22H,9-10H2,1-3H3. The molecule has 2 aromatic carbocycles. The minimum atomic E-state index is -3.79. The molecule has 0 spiro atoms. The van der Waals surface area contributed by atoms with Crippen molar-refractivity contribution in [2.24, 2.45) is 16.7 Å². The second-order valence-corrected chi connectivity index (χ2v) is 10.4. The Balaban J connectivity index is 1.70. The van der Waals surface area contributed by atoms with Crippen LogP contribution in [0, 0.1) is 16.7 Å². The Morgan fingerprint density at radius 1 is 1.15 bits per heavy atom. The quantitative estimate of drug-likeness (QED) is 0.854. The summed E-state index contributed by atoms with van der Waals surface area (Å²) >= 11 is 6.16. The summed E-state index contributed by atoms with van der Waals surface area (Å²) in [5.41, 5.74) is -0.657. The Morgan fingerprint density at radius 3 is 2.54 bits per heavy atom. The van der Waals surface area contributed by atoms with Crippen molar-refractivity contribution in [1.82, 2.24) is 4.72 Å². The first kappa shape index (κ1) is 18.0. The van der Waals surface area contributed by atoms with Gasteiger partial charge < -0.3 is 0 Å². The van der Waals surface area contributed by atoms with Gasteiger partial charge in [-0.1, -0.05) is 50.6 Å². The van der Waals surface area contributed by atoms with Crippen LogP contribution < -0.4 is 4.72 Å². The van der Waals surface area contributed by atoms with Crippen molar-refractivity contribution in [2.75, 3.05) is 0 Å². The molecule has 0 radical (unpaired) electrons. The van der Waals surface area contributed by atoms with Gasteiger partial charge in [-0.25, -0.2) is 13.1 Å². The highest BCUT2D eigenvalue weighted by Gasteiger charge is 2.66. The molecule has 0 aromatic heterocycles. The van der Waals surface area contributed by atoms with Gasteiger partial charge in [-0.05, 0) is 47.8 Å². The molecule has 2 aromatic rings. The van der Waals surface area contributed by atoms with Gasteiger partial charge >= 0.3 is 0 Å². The summed E-state index contributed by atoms with van der Waals surface area (Å²) in [7, 11) is -3.79.